The van der Waals surface area contributed by atoms with Crippen molar-refractivity contribution in [1.29, 1.82) is 0 Å². The first-order valence-electron chi connectivity index (χ1n) is 1.17. The molecule has 3 nitrogen and oxygen atoms in total. The number of rotatable bonds is 0. The Bertz CT molecular complexity index is 22.4. The summed E-state index contributed by atoms with van der Waals surface area (Å²) in [6.45, 7) is -3.25. The average molecular weight is 65.0 g/mol. The molecule has 26 valence electrons. The third-order valence-corrected chi connectivity index (χ3v) is 0. The highest BCUT2D eigenvalue weighted by atomic mass is 16.6. The van der Waals surface area contributed by atoms with Crippen LogP contribution in [-0.2, 0) is 0 Å². The van der Waals surface area contributed by atoms with E-state index in [1.54, 1.807) is 0 Å². The van der Waals surface area contributed by atoms with Gasteiger partial charge in [0.15, 0.2) is 0 Å². The van der Waals surface area contributed by atoms with Gasteiger partial charge in [-0.05, 0) is 0 Å². The van der Waals surface area contributed by atoms with Gasteiger partial charge in [-0.15, -0.1) is 0 Å². The summed E-state index contributed by atoms with van der Waals surface area (Å²) >= 11 is 0. The Balaban J connectivity index is 3.02. The van der Waals surface area contributed by atoms with Gasteiger partial charge in [0, 0.05) is 0 Å². The van der Waals surface area contributed by atoms with Crippen molar-refractivity contribution in [3.05, 3.63) is 0 Å². The summed E-state index contributed by atoms with van der Waals surface area (Å²) in [4.78, 5) is 0. The topological polar surface area (TPSA) is 60.7 Å². The van der Waals surface area contributed by atoms with Crippen molar-refractivity contribution in [2.24, 2.45) is 0 Å². The van der Waals surface area contributed by atoms with Crippen molar-refractivity contribution in [1.82, 2.24) is 0 Å². The Kier molecular flexibility index (Phi) is 0.656. The van der Waals surface area contributed by atoms with Gasteiger partial charge in [0.25, 0.3) is 6.45 Å². The lowest BCUT2D eigenvalue weighted by molar-refractivity contribution is -0.198. The lowest BCUT2D eigenvalue weighted by atomic mass is 11.4. The van der Waals surface area contributed by atoms with E-state index >= 15 is 0 Å². The second-order valence-electron chi connectivity index (χ2n) is 0.300. The molecule has 4 heavy (non-hydrogen) atoms. The fourth-order valence-electron chi connectivity index (χ4n) is 0. The van der Waals surface area contributed by atoms with Crippen LogP contribution in [-0.4, -0.2) is 21.8 Å². The maximum Gasteiger partial charge on any atom is 0.263 e. The van der Waals surface area contributed by atoms with Crippen LogP contribution in [0.4, 0.5) is 0 Å². The van der Waals surface area contributed by atoms with Gasteiger partial charge < -0.3 is 15.3 Å². The second kappa shape index (κ2) is 1.23. The standard InChI is InChI=1S/CH4O3/c2-1(3)4/h1-4H/i1D. The quantitative estimate of drug-likeness (QED) is 0.293. The zero-order chi connectivity index (χ0) is 4.50. The first-order valence-corrected chi connectivity index (χ1v) is 0.671. The molecule has 0 saturated heterocycles. The predicted molar refractivity (Wildman–Crippen MR) is 10.4 cm³/mol. The first-order chi connectivity index (χ1) is 2.00. The third kappa shape index (κ3) is 101. The molecule has 0 aromatic carbocycles. The predicted octanol–water partition coefficient (Wildman–Crippen LogP) is -1.75. The Morgan fingerprint density at radius 2 is 1.50 bits per heavy atom. The van der Waals surface area contributed by atoms with Crippen LogP contribution in [0.25, 0.3) is 0 Å². The monoisotopic (exact) mass is 65.0 g/mol. The first kappa shape index (κ1) is 2.14. The molecule has 0 aromatic rings. The van der Waals surface area contributed by atoms with Crippen LogP contribution in [0.2, 0.25) is 0 Å². The lowest BCUT2D eigenvalue weighted by Gasteiger charge is -1.80. The van der Waals surface area contributed by atoms with Crippen molar-refractivity contribution in [3.8, 4) is 0 Å². The molecule has 0 unspecified atom stereocenters. The Morgan fingerprint density at radius 1 is 1.50 bits per heavy atom. The van der Waals surface area contributed by atoms with Crippen molar-refractivity contribution >= 4 is 0 Å². The minimum Gasteiger partial charge on any atom is -0.346 e. The molecule has 0 aliphatic rings. The normalized spacial score (nSPS) is 15.2. The van der Waals surface area contributed by atoms with E-state index in [2.05, 4.69) is 0 Å². The van der Waals surface area contributed by atoms with E-state index in [1.807, 2.05) is 0 Å². The Labute approximate surface area is 24.5 Å². The molecule has 3 N–H and O–H groups in total. The van der Waals surface area contributed by atoms with Crippen LogP contribution in [0.5, 0.6) is 0 Å². The van der Waals surface area contributed by atoms with Gasteiger partial charge in [-0.3, -0.25) is 0 Å². The van der Waals surface area contributed by atoms with Crippen LogP contribution in [0.15, 0.2) is 0 Å². The summed E-state index contributed by atoms with van der Waals surface area (Å²) in [5.41, 5.74) is 0. The lowest BCUT2D eigenvalue weighted by Crippen LogP contribution is -1.98. The molecular formula is CH4O3. The van der Waals surface area contributed by atoms with Gasteiger partial charge in [-0.25, -0.2) is 0 Å². The Morgan fingerprint density at radius 3 is 1.50 bits per heavy atom. The largest absolute Gasteiger partial charge is 0.346 e. The molecule has 0 fully saturated rings. The van der Waals surface area contributed by atoms with E-state index < -0.39 is 6.45 Å². The van der Waals surface area contributed by atoms with Crippen LogP contribution in [0.1, 0.15) is 1.37 Å². The van der Waals surface area contributed by atoms with Gasteiger partial charge >= 0.3 is 0 Å². The molecular weight excluding hydrogens is 60.0 g/mol. The fraction of sp³-hybridized carbons (Fsp3) is 1.00. The zero-order valence-electron chi connectivity index (χ0n) is 2.84. The Hall–Kier alpha value is -0.120. The average Bonchev–Trinajstić information content (AvgIpc) is 0.722. The molecule has 0 aromatic heterocycles. The van der Waals surface area contributed by atoms with Gasteiger partial charge in [-0.2, -0.15) is 0 Å². The summed E-state index contributed by atoms with van der Waals surface area (Å²) in [6, 6.07) is 0. The number of hydrogen-bond acceptors (Lipinski definition) is 3. The summed E-state index contributed by atoms with van der Waals surface area (Å²) in [7, 11) is 0. The van der Waals surface area contributed by atoms with Crippen LogP contribution < -0.4 is 0 Å². The van der Waals surface area contributed by atoms with E-state index in [9.17, 15) is 0 Å². The van der Waals surface area contributed by atoms with E-state index in [4.69, 9.17) is 16.7 Å². The summed E-state index contributed by atoms with van der Waals surface area (Å²) in [5, 5.41) is 21.9. The molecule has 0 heterocycles. The molecule has 0 bridgehead atoms. The van der Waals surface area contributed by atoms with Crippen molar-refractivity contribution in [2.75, 3.05) is 0 Å². The molecule has 0 radical (unpaired) electrons. The van der Waals surface area contributed by atoms with Gasteiger partial charge in [0.2, 0.25) is 0 Å². The van der Waals surface area contributed by atoms with Crippen molar-refractivity contribution < 1.29 is 16.7 Å². The highest BCUT2D eigenvalue weighted by Crippen LogP contribution is 1.49. The third-order valence-electron chi connectivity index (χ3n) is 0. The van der Waals surface area contributed by atoms with Crippen molar-refractivity contribution in [2.45, 2.75) is 6.45 Å². The van der Waals surface area contributed by atoms with E-state index in [0.717, 1.165) is 0 Å². The maximum absolute atomic E-state index is 7.30. The van der Waals surface area contributed by atoms with Crippen molar-refractivity contribution in [3.63, 3.8) is 0 Å². The molecule has 0 spiro atoms. The minimum atomic E-state index is -3.25. The van der Waals surface area contributed by atoms with Gasteiger partial charge in [0.05, 0.1) is 0 Å². The molecule has 0 aliphatic heterocycles. The van der Waals surface area contributed by atoms with Crippen LogP contribution in [0, 0.1) is 0 Å². The molecule has 0 amide bonds. The van der Waals surface area contributed by atoms with E-state index in [0.29, 0.717) is 0 Å². The molecule has 0 saturated carbocycles. The molecule has 3 heteroatoms. The van der Waals surface area contributed by atoms with Crippen LogP contribution >= 0.6 is 0 Å². The van der Waals surface area contributed by atoms with E-state index in [-0.39, 0.29) is 0 Å². The SMILES string of the molecule is [2H]C(O)(O)O. The summed E-state index contributed by atoms with van der Waals surface area (Å²) in [5.74, 6) is 0. The van der Waals surface area contributed by atoms with E-state index in [1.165, 1.54) is 0 Å². The van der Waals surface area contributed by atoms with Crippen LogP contribution in [0.3, 0.4) is 0 Å². The summed E-state index contributed by atoms with van der Waals surface area (Å²) in [6.07, 6.45) is 0. The molecule has 0 aliphatic carbocycles. The maximum atomic E-state index is 7.30. The van der Waals surface area contributed by atoms with Gasteiger partial charge in [-0.1, -0.05) is 0 Å². The molecule has 0 atom stereocenters. The number of aliphatic hydroxyl groups is 3. The summed E-state index contributed by atoms with van der Waals surface area (Å²) < 4.78 is 5.60. The zero-order valence-corrected chi connectivity index (χ0v) is 1.84. The fourth-order valence-corrected chi connectivity index (χ4v) is 0. The molecule has 0 rings (SSSR count). The number of hydrogen-bond donors (Lipinski definition) is 3. The highest BCUT2D eigenvalue weighted by Gasteiger charge is 1.72. The highest BCUT2D eigenvalue weighted by molar-refractivity contribution is 3.76. The minimum absolute atomic E-state index is 3.25. The second-order valence-corrected chi connectivity index (χ2v) is 0.300. The van der Waals surface area contributed by atoms with Gasteiger partial charge in [0.1, 0.15) is 1.37 Å². The smallest absolute Gasteiger partial charge is 0.263 e.